The minimum Gasteiger partial charge on any atom is -0.330 e. The van der Waals surface area contributed by atoms with Crippen molar-refractivity contribution in [1.29, 1.82) is 0 Å². The fraction of sp³-hybridized carbons (Fsp3) is 1.00. The van der Waals surface area contributed by atoms with Crippen LogP contribution in [-0.2, 0) is 0 Å². The first-order valence-corrected chi connectivity index (χ1v) is 3.85. The molecule has 1 aliphatic carbocycles. The summed E-state index contributed by atoms with van der Waals surface area (Å²) < 4.78 is 26.0. The summed E-state index contributed by atoms with van der Waals surface area (Å²) in [6, 6.07) is 0. The number of rotatable bonds is 2. The number of halogens is 2. The molecule has 3 heteroatoms. The highest BCUT2D eigenvalue weighted by Gasteiger charge is 2.71. The van der Waals surface area contributed by atoms with E-state index in [9.17, 15) is 8.78 Å². The van der Waals surface area contributed by atoms with E-state index in [2.05, 4.69) is 0 Å². The molecule has 0 bridgehead atoms. The first kappa shape index (κ1) is 8.91. The largest absolute Gasteiger partial charge is 0.330 e. The van der Waals surface area contributed by atoms with Crippen molar-refractivity contribution >= 4 is 0 Å². The first-order valence-electron chi connectivity index (χ1n) is 3.85. The van der Waals surface area contributed by atoms with E-state index in [1.165, 1.54) is 0 Å². The quantitative estimate of drug-likeness (QED) is 0.662. The number of hydrogen-bond acceptors (Lipinski definition) is 1. The predicted octanol–water partition coefficient (Wildman–Crippen LogP) is 2.02. The molecular formula is C8H15F2N. The zero-order valence-electron chi connectivity index (χ0n) is 7.25. The van der Waals surface area contributed by atoms with E-state index in [0.717, 1.165) is 6.92 Å². The molecule has 66 valence electrons. The minimum absolute atomic E-state index is 0.0868. The second-order valence-corrected chi connectivity index (χ2v) is 4.24. The summed E-state index contributed by atoms with van der Waals surface area (Å²) in [6.45, 7) is 4.74. The van der Waals surface area contributed by atoms with E-state index in [0.29, 0.717) is 6.42 Å². The maximum atomic E-state index is 13.0. The Kier molecular flexibility index (Phi) is 1.58. The van der Waals surface area contributed by atoms with Crippen LogP contribution in [0.3, 0.4) is 0 Å². The first-order chi connectivity index (χ1) is 4.77. The van der Waals surface area contributed by atoms with Crippen LogP contribution in [0.5, 0.6) is 0 Å². The van der Waals surface area contributed by atoms with Crippen molar-refractivity contribution in [2.75, 3.05) is 6.54 Å². The third-order valence-corrected chi connectivity index (χ3v) is 3.10. The molecule has 1 saturated carbocycles. The van der Waals surface area contributed by atoms with Crippen LogP contribution in [-0.4, -0.2) is 12.5 Å². The Labute approximate surface area is 66.0 Å². The second kappa shape index (κ2) is 1.94. The molecule has 0 heterocycles. The van der Waals surface area contributed by atoms with E-state index in [1.807, 2.05) is 13.8 Å². The Morgan fingerprint density at radius 3 is 1.82 bits per heavy atom. The Hall–Kier alpha value is -0.180. The smallest absolute Gasteiger partial charge is 0.252 e. The van der Waals surface area contributed by atoms with Gasteiger partial charge in [-0.2, -0.15) is 0 Å². The van der Waals surface area contributed by atoms with Gasteiger partial charge < -0.3 is 5.73 Å². The van der Waals surface area contributed by atoms with Crippen molar-refractivity contribution in [3.63, 3.8) is 0 Å². The number of nitrogens with two attached hydrogens (primary N) is 1. The van der Waals surface area contributed by atoms with Gasteiger partial charge in [-0.05, 0) is 18.8 Å². The highest BCUT2D eigenvalue weighted by molar-refractivity contribution is 5.15. The molecule has 1 nitrogen and oxygen atoms in total. The zero-order valence-corrected chi connectivity index (χ0v) is 7.25. The van der Waals surface area contributed by atoms with Gasteiger partial charge in [0.15, 0.2) is 0 Å². The molecule has 2 N–H and O–H groups in total. The van der Waals surface area contributed by atoms with Crippen molar-refractivity contribution in [3.05, 3.63) is 0 Å². The molecule has 0 spiro atoms. The molecule has 0 aromatic carbocycles. The zero-order chi connectivity index (χ0) is 8.91. The molecular weight excluding hydrogens is 148 g/mol. The van der Waals surface area contributed by atoms with E-state index in [4.69, 9.17) is 5.73 Å². The minimum atomic E-state index is -2.63. The third kappa shape index (κ3) is 0.975. The average Bonchev–Trinajstić information content (AvgIpc) is 2.33. The van der Waals surface area contributed by atoms with Gasteiger partial charge in [-0.15, -0.1) is 0 Å². The average molecular weight is 163 g/mol. The van der Waals surface area contributed by atoms with E-state index in [1.54, 1.807) is 0 Å². The van der Waals surface area contributed by atoms with Crippen LogP contribution in [0.2, 0.25) is 0 Å². The second-order valence-electron chi connectivity index (χ2n) is 4.24. The van der Waals surface area contributed by atoms with Crippen LogP contribution in [0.4, 0.5) is 8.78 Å². The molecule has 1 unspecified atom stereocenters. The topological polar surface area (TPSA) is 26.0 Å². The van der Waals surface area contributed by atoms with Crippen molar-refractivity contribution in [3.8, 4) is 0 Å². The normalized spacial score (nSPS) is 35.5. The van der Waals surface area contributed by atoms with Gasteiger partial charge in [0.05, 0.1) is 5.41 Å². The van der Waals surface area contributed by atoms with Gasteiger partial charge in [0.25, 0.3) is 5.92 Å². The van der Waals surface area contributed by atoms with Crippen molar-refractivity contribution in [2.45, 2.75) is 33.1 Å². The van der Waals surface area contributed by atoms with E-state index < -0.39 is 11.3 Å². The summed E-state index contributed by atoms with van der Waals surface area (Å²) in [7, 11) is 0. The molecule has 0 aromatic rings. The Morgan fingerprint density at radius 1 is 1.45 bits per heavy atom. The van der Waals surface area contributed by atoms with Crippen LogP contribution in [0.15, 0.2) is 0 Å². The van der Waals surface area contributed by atoms with Gasteiger partial charge >= 0.3 is 0 Å². The van der Waals surface area contributed by atoms with Crippen LogP contribution in [0, 0.1) is 10.8 Å². The van der Waals surface area contributed by atoms with Gasteiger partial charge in [0.1, 0.15) is 0 Å². The lowest BCUT2D eigenvalue weighted by Gasteiger charge is -2.25. The van der Waals surface area contributed by atoms with Gasteiger partial charge in [0.2, 0.25) is 0 Å². The molecule has 1 atom stereocenters. The maximum Gasteiger partial charge on any atom is 0.252 e. The standard InChI is InChI=1S/C8H15F2N/c1-6(2)4-8(6,5-11)7(3,9)10/h4-5,11H2,1-3H3. The lowest BCUT2D eigenvalue weighted by Crippen LogP contribution is -2.37. The van der Waals surface area contributed by atoms with Gasteiger partial charge in [0, 0.05) is 6.54 Å². The molecule has 11 heavy (non-hydrogen) atoms. The molecule has 1 rings (SSSR count). The summed E-state index contributed by atoms with van der Waals surface area (Å²) in [6.07, 6.45) is 0.542. The molecule has 1 aliphatic rings. The van der Waals surface area contributed by atoms with Crippen LogP contribution in [0.25, 0.3) is 0 Å². The summed E-state index contributed by atoms with van der Waals surface area (Å²) in [5.41, 5.74) is 4.14. The summed E-state index contributed by atoms with van der Waals surface area (Å²) in [5.74, 6) is -2.63. The maximum absolute atomic E-state index is 13.0. The fourth-order valence-corrected chi connectivity index (χ4v) is 1.99. The molecule has 0 amide bonds. The SMILES string of the molecule is CC(F)(F)C1(CN)CC1(C)C. The Balaban J connectivity index is 2.84. The lowest BCUT2D eigenvalue weighted by atomic mass is 9.90. The fourth-order valence-electron chi connectivity index (χ4n) is 1.99. The lowest BCUT2D eigenvalue weighted by molar-refractivity contribution is -0.0657. The van der Waals surface area contributed by atoms with Crippen LogP contribution < -0.4 is 5.73 Å². The van der Waals surface area contributed by atoms with Gasteiger partial charge in [-0.1, -0.05) is 13.8 Å². The Morgan fingerprint density at radius 2 is 1.82 bits per heavy atom. The Bertz CT molecular complexity index is 171. The molecule has 1 fully saturated rings. The van der Waals surface area contributed by atoms with E-state index in [-0.39, 0.29) is 12.0 Å². The predicted molar refractivity (Wildman–Crippen MR) is 40.5 cm³/mol. The number of alkyl halides is 2. The van der Waals surface area contributed by atoms with Crippen molar-refractivity contribution in [2.24, 2.45) is 16.6 Å². The molecule has 0 saturated heterocycles. The monoisotopic (exact) mass is 163 g/mol. The number of hydrogen-bond donors (Lipinski definition) is 1. The highest BCUT2D eigenvalue weighted by Crippen LogP contribution is 2.69. The van der Waals surface area contributed by atoms with E-state index >= 15 is 0 Å². The molecule has 0 radical (unpaired) electrons. The third-order valence-electron chi connectivity index (χ3n) is 3.10. The highest BCUT2D eigenvalue weighted by atomic mass is 19.3. The summed E-state index contributed by atoms with van der Waals surface area (Å²) in [5, 5.41) is 0. The van der Waals surface area contributed by atoms with Gasteiger partial charge in [-0.3, -0.25) is 0 Å². The van der Waals surface area contributed by atoms with Crippen molar-refractivity contribution in [1.82, 2.24) is 0 Å². The summed E-state index contributed by atoms with van der Waals surface area (Å²) >= 11 is 0. The van der Waals surface area contributed by atoms with Crippen molar-refractivity contribution < 1.29 is 8.78 Å². The van der Waals surface area contributed by atoms with Crippen LogP contribution in [0.1, 0.15) is 27.2 Å². The van der Waals surface area contributed by atoms with Gasteiger partial charge in [-0.25, -0.2) is 8.78 Å². The molecule has 0 aromatic heterocycles. The molecule has 0 aliphatic heterocycles. The summed E-state index contributed by atoms with van der Waals surface area (Å²) in [4.78, 5) is 0. The van der Waals surface area contributed by atoms with Crippen LogP contribution >= 0.6 is 0 Å².